The number of nitrogens with zero attached hydrogens (tertiary/aromatic N) is 1. The molecule has 3 aromatic rings. The number of thiophene rings is 1. The highest BCUT2D eigenvalue weighted by Crippen LogP contribution is 2.35. The second-order valence-corrected chi connectivity index (χ2v) is 9.51. The molecule has 0 aliphatic carbocycles. The van der Waals surface area contributed by atoms with E-state index in [0.717, 1.165) is 11.1 Å². The van der Waals surface area contributed by atoms with Gasteiger partial charge in [-0.15, -0.1) is 23.1 Å². The minimum atomic E-state index is -3.82. The predicted octanol–water partition coefficient (Wildman–Crippen LogP) is 6.14. The minimum absolute atomic E-state index is 0.134. The average molecular weight is 412 g/mol. The summed E-state index contributed by atoms with van der Waals surface area (Å²) in [6.45, 7) is 9.23. The molecule has 0 bridgehead atoms. The molecular weight excluding hydrogens is 394 g/mol. The van der Waals surface area contributed by atoms with Gasteiger partial charge in [0.1, 0.15) is 0 Å². The first-order chi connectivity index (χ1) is 13.0. The van der Waals surface area contributed by atoms with Crippen molar-refractivity contribution in [2.24, 2.45) is 0 Å². The van der Waals surface area contributed by atoms with Gasteiger partial charge < -0.3 is 0 Å². The molecule has 27 heavy (non-hydrogen) atoms. The highest BCUT2D eigenvalue weighted by molar-refractivity contribution is 7.99. The van der Waals surface area contributed by atoms with Crippen molar-refractivity contribution in [3.8, 4) is 10.4 Å². The monoisotopic (exact) mass is 411 g/mol. The van der Waals surface area contributed by atoms with Gasteiger partial charge in [0.25, 0.3) is 5.03 Å². The van der Waals surface area contributed by atoms with Crippen molar-refractivity contribution in [2.75, 3.05) is 6.26 Å². The normalized spacial score (nSPS) is 12.0. The van der Waals surface area contributed by atoms with Crippen LogP contribution in [0.1, 0.15) is 11.1 Å². The van der Waals surface area contributed by atoms with E-state index in [4.69, 9.17) is 6.57 Å². The molecule has 0 atom stereocenters. The SMILES string of the molecule is [C-]#[N+]/C(=C\c1ccc(-c2sccc2SC)cc1)S(=O)(=O)c1ccc(C)cc1. The molecule has 2 aromatic carbocycles. The van der Waals surface area contributed by atoms with E-state index >= 15 is 0 Å². The van der Waals surface area contributed by atoms with Crippen molar-refractivity contribution < 1.29 is 8.42 Å². The number of rotatable bonds is 5. The van der Waals surface area contributed by atoms with E-state index < -0.39 is 9.84 Å². The van der Waals surface area contributed by atoms with Crippen LogP contribution in [0.5, 0.6) is 0 Å². The molecule has 1 aromatic heterocycles. The van der Waals surface area contributed by atoms with Crippen LogP contribution in [0.3, 0.4) is 0 Å². The maximum atomic E-state index is 12.7. The fourth-order valence-electron chi connectivity index (χ4n) is 2.55. The summed E-state index contributed by atoms with van der Waals surface area (Å²) >= 11 is 3.37. The largest absolute Gasteiger partial charge is 0.283 e. The third-order valence-electron chi connectivity index (χ3n) is 4.03. The Kier molecular flexibility index (Phi) is 5.85. The molecule has 0 radical (unpaired) electrons. The summed E-state index contributed by atoms with van der Waals surface area (Å²) in [5.41, 5.74) is 2.73. The maximum Gasteiger partial charge on any atom is 0.283 e. The Morgan fingerprint density at radius 3 is 2.33 bits per heavy atom. The second-order valence-electron chi connectivity index (χ2n) is 5.85. The molecule has 3 rings (SSSR count). The standard InChI is InChI=1S/C21H17NO2S3/c1-15-4-10-18(11-5-15)27(23,24)20(22-2)14-16-6-8-17(9-7-16)21-19(25-3)12-13-26-21/h4-14H,1,3H3/b20-14+. The van der Waals surface area contributed by atoms with E-state index in [2.05, 4.69) is 16.3 Å². The predicted molar refractivity (Wildman–Crippen MR) is 114 cm³/mol. The molecule has 3 nitrogen and oxygen atoms in total. The van der Waals surface area contributed by atoms with E-state index in [1.165, 1.54) is 28.0 Å². The van der Waals surface area contributed by atoms with Crippen molar-refractivity contribution in [1.82, 2.24) is 0 Å². The van der Waals surface area contributed by atoms with Gasteiger partial charge in [-0.3, -0.25) is 0 Å². The van der Waals surface area contributed by atoms with Crippen LogP contribution in [-0.2, 0) is 9.84 Å². The third-order valence-corrected chi connectivity index (χ3v) is 7.55. The molecule has 0 aliphatic heterocycles. The van der Waals surface area contributed by atoms with Crippen LogP contribution >= 0.6 is 23.1 Å². The summed E-state index contributed by atoms with van der Waals surface area (Å²) in [5.74, 6) is 0. The smallest absolute Gasteiger partial charge is 0.230 e. The fraction of sp³-hybridized carbons (Fsp3) is 0.0952. The molecule has 0 amide bonds. The number of sulfone groups is 1. The zero-order valence-electron chi connectivity index (χ0n) is 14.8. The summed E-state index contributed by atoms with van der Waals surface area (Å²) in [6.07, 6.45) is 3.47. The van der Waals surface area contributed by atoms with Gasteiger partial charge in [-0.2, -0.15) is 0 Å². The quantitative estimate of drug-likeness (QED) is 0.374. The molecule has 0 saturated carbocycles. The molecule has 1 heterocycles. The highest BCUT2D eigenvalue weighted by atomic mass is 32.2. The van der Waals surface area contributed by atoms with Crippen molar-refractivity contribution in [3.05, 3.63) is 87.6 Å². The average Bonchev–Trinajstić information content (AvgIpc) is 3.15. The zero-order valence-corrected chi connectivity index (χ0v) is 17.3. The van der Waals surface area contributed by atoms with E-state index in [1.54, 1.807) is 35.2 Å². The summed E-state index contributed by atoms with van der Waals surface area (Å²) in [4.78, 5) is 5.82. The molecule has 0 spiro atoms. The molecule has 136 valence electrons. The highest BCUT2D eigenvalue weighted by Gasteiger charge is 2.21. The van der Waals surface area contributed by atoms with Crippen LogP contribution in [0.15, 0.2) is 74.8 Å². The Balaban J connectivity index is 1.94. The molecular formula is C21H17NO2S3. The number of hydrogen-bond acceptors (Lipinski definition) is 4. The first kappa shape index (κ1) is 19.4. The topological polar surface area (TPSA) is 38.5 Å². The number of hydrogen-bond donors (Lipinski definition) is 0. The van der Waals surface area contributed by atoms with Crippen LogP contribution in [0.4, 0.5) is 0 Å². The van der Waals surface area contributed by atoms with Crippen LogP contribution in [0, 0.1) is 13.5 Å². The van der Waals surface area contributed by atoms with E-state index in [1.807, 2.05) is 37.4 Å². The number of thioether (sulfide) groups is 1. The first-order valence-corrected chi connectivity index (χ1v) is 11.7. The summed E-state index contributed by atoms with van der Waals surface area (Å²) < 4.78 is 25.5. The lowest BCUT2D eigenvalue weighted by atomic mass is 10.1. The number of aryl methyl sites for hydroxylation is 1. The van der Waals surface area contributed by atoms with Gasteiger partial charge in [0, 0.05) is 9.77 Å². The Hall–Kier alpha value is -2.33. The van der Waals surface area contributed by atoms with E-state index in [-0.39, 0.29) is 9.92 Å². The van der Waals surface area contributed by atoms with Gasteiger partial charge in [-0.05, 0) is 54.0 Å². The van der Waals surface area contributed by atoms with E-state index in [9.17, 15) is 8.42 Å². The van der Waals surface area contributed by atoms with Crippen molar-refractivity contribution >= 4 is 39.0 Å². The molecule has 6 heteroatoms. The van der Waals surface area contributed by atoms with Crippen molar-refractivity contribution in [3.63, 3.8) is 0 Å². The lowest BCUT2D eigenvalue weighted by Crippen LogP contribution is -2.02. The van der Waals surface area contributed by atoms with Gasteiger partial charge >= 0.3 is 0 Å². The second kappa shape index (κ2) is 8.13. The maximum absolute atomic E-state index is 12.7. The first-order valence-electron chi connectivity index (χ1n) is 8.08. The van der Waals surface area contributed by atoms with Gasteiger partial charge in [0.2, 0.25) is 9.84 Å². The van der Waals surface area contributed by atoms with Crippen LogP contribution in [0.25, 0.3) is 21.4 Å². The Morgan fingerprint density at radius 1 is 1.07 bits per heavy atom. The Labute approximate surface area is 168 Å². The lowest BCUT2D eigenvalue weighted by Gasteiger charge is -2.05. The fourth-order valence-corrected chi connectivity index (χ4v) is 5.48. The van der Waals surface area contributed by atoms with Gasteiger partial charge in [0.15, 0.2) is 0 Å². The number of benzene rings is 2. The van der Waals surface area contributed by atoms with Gasteiger partial charge in [0.05, 0.1) is 11.5 Å². The molecule has 0 saturated heterocycles. The van der Waals surface area contributed by atoms with Crippen LogP contribution < -0.4 is 0 Å². The summed E-state index contributed by atoms with van der Waals surface area (Å²) in [7, 11) is -3.82. The van der Waals surface area contributed by atoms with Crippen LogP contribution in [-0.4, -0.2) is 14.7 Å². The summed E-state index contributed by atoms with van der Waals surface area (Å²) in [5, 5.41) is 1.78. The Morgan fingerprint density at radius 2 is 1.74 bits per heavy atom. The van der Waals surface area contributed by atoms with Crippen molar-refractivity contribution in [2.45, 2.75) is 16.7 Å². The van der Waals surface area contributed by atoms with E-state index in [0.29, 0.717) is 5.56 Å². The van der Waals surface area contributed by atoms with Crippen molar-refractivity contribution in [1.29, 1.82) is 0 Å². The molecule has 0 aliphatic rings. The Bertz CT molecular complexity index is 1120. The lowest BCUT2D eigenvalue weighted by molar-refractivity contribution is 0.603. The third kappa shape index (κ3) is 4.16. The summed E-state index contributed by atoms with van der Waals surface area (Å²) in [6, 6.07) is 16.2. The zero-order chi connectivity index (χ0) is 19.4. The van der Waals surface area contributed by atoms with Crippen LogP contribution in [0.2, 0.25) is 0 Å². The molecule has 0 fully saturated rings. The molecule has 0 unspecified atom stereocenters. The van der Waals surface area contributed by atoms with Gasteiger partial charge in [-0.1, -0.05) is 42.0 Å². The van der Waals surface area contributed by atoms with Gasteiger partial charge in [-0.25, -0.2) is 13.3 Å². The molecule has 0 N–H and O–H groups in total. The minimum Gasteiger partial charge on any atom is -0.230 e.